The zero-order valence-electron chi connectivity index (χ0n) is 4.69. The number of rotatable bonds is 2. The Bertz CT molecular complexity index is 116. The number of hydrogen-bond donors (Lipinski definition) is 0. The molecule has 0 N–H and O–H groups in total. The molecular formula is C4H6N2O2S. The predicted molar refractivity (Wildman–Crippen MR) is 36.2 cm³/mol. The van der Waals surface area contributed by atoms with Gasteiger partial charge < -0.3 is 0 Å². The zero-order chi connectivity index (χ0) is 6.69. The van der Waals surface area contributed by atoms with Crippen molar-refractivity contribution in [2.24, 2.45) is 10.4 Å². The van der Waals surface area contributed by atoms with Gasteiger partial charge in [0.05, 0.1) is 0 Å². The minimum absolute atomic E-state index is 0.368. The highest BCUT2D eigenvalue weighted by atomic mass is 32.2. The second-order valence-corrected chi connectivity index (χ2v) is 3.05. The lowest BCUT2D eigenvalue weighted by Crippen LogP contribution is -2.10. The summed E-state index contributed by atoms with van der Waals surface area (Å²) in [6, 6.07) is -0.368. The lowest BCUT2D eigenvalue weighted by Gasteiger charge is -1.98. The number of hydrogen-bond acceptors (Lipinski definition) is 5. The summed E-state index contributed by atoms with van der Waals surface area (Å²) in [4.78, 5) is 19.8. The molecule has 2 unspecified atom stereocenters. The lowest BCUT2D eigenvalue weighted by atomic mass is 10.2. The van der Waals surface area contributed by atoms with Crippen LogP contribution in [0.4, 0.5) is 0 Å². The molecule has 5 heteroatoms. The Morgan fingerprint density at radius 1 is 1.33 bits per heavy atom. The van der Waals surface area contributed by atoms with Crippen molar-refractivity contribution in [1.29, 1.82) is 0 Å². The molecule has 1 heterocycles. The monoisotopic (exact) mass is 146 g/mol. The molecule has 2 atom stereocenters. The molecule has 4 nitrogen and oxygen atoms in total. The van der Waals surface area contributed by atoms with Crippen LogP contribution in [0.1, 0.15) is 6.42 Å². The molecule has 1 rings (SSSR count). The van der Waals surface area contributed by atoms with Crippen molar-refractivity contribution in [3.8, 4) is 0 Å². The van der Waals surface area contributed by atoms with Crippen LogP contribution in [0, 0.1) is 9.81 Å². The maximum Gasteiger partial charge on any atom is 0.163 e. The Balaban J connectivity index is 2.50. The van der Waals surface area contributed by atoms with Crippen LogP contribution in [0.25, 0.3) is 0 Å². The summed E-state index contributed by atoms with van der Waals surface area (Å²) >= 11 is 1.40. The van der Waals surface area contributed by atoms with Crippen molar-refractivity contribution in [1.82, 2.24) is 0 Å². The van der Waals surface area contributed by atoms with Gasteiger partial charge in [-0.3, -0.25) is 0 Å². The van der Waals surface area contributed by atoms with E-state index in [1.165, 1.54) is 11.8 Å². The second-order valence-electron chi connectivity index (χ2n) is 1.83. The van der Waals surface area contributed by atoms with E-state index in [1.54, 1.807) is 0 Å². The van der Waals surface area contributed by atoms with Gasteiger partial charge in [0.2, 0.25) is 0 Å². The van der Waals surface area contributed by atoms with Gasteiger partial charge >= 0.3 is 0 Å². The Hall–Kier alpha value is -0.450. The van der Waals surface area contributed by atoms with Crippen LogP contribution < -0.4 is 0 Å². The highest BCUT2D eigenvalue weighted by Gasteiger charge is 2.29. The molecule has 1 aliphatic rings. The van der Waals surface area contributed by atoms with Crippen LogP contribution in [0.3, 0.4) is 0 Å². The van der Waals surface area contributed by atoms with Gasteiger partial charge in [0.1, 0.15) is 6.04 Å². The minimum Gasteiger partial charge on any atom is -0.150 e. The van der Waals surface area contributed by atoms with Gasteiger partial charge in [-0.05, 0) is 12.2 Å². The maximum absolute atomic E-state index is 9.91. The van der Waals surface area contributed by atoms with E-state index in [2.05, 4.69) is 10.4 Å². The smallest absolute Gasteiger partial charge is 0.150 e. The molecule has 0 aromatic carbocycles. The Morgan fingerprint density at radius 2 is 2.11 bits per heavy atom. The summed E-state index contributed by atoms with van der Waals surface area (Å²) in [6.45, 7) is 0. The van der Waals surface area contributed by atoms with Crippen LogP contribution in [0.2, 0.25) is 0 Å². The fraction of sp³-hybridized carbons (Fsp3) is 1.00. The first-order valence-electron chi connectivity index (χ1n) is 2.65. The molecule has 0 radical (unpaired) electrons. The van der Waals surface area contributed by atoms with Crippen molar-refractivity contribution >= 4 is 11.8 Å². The summed E-state index contributed by atoms with van der Waals surface area (Å²) in [6.07, 6.45) is 0.699. The molecule has 1 fully saturated rings. The van der Waals surface area contributed by atoms with Gasteiger partial charge in [0, 0.05) is 0 Å². The van der Waals surface area contributed by atoms with Crippen LogP contribution in [-0.2, 0) is 0 Å². The minimum atomic E-state index is -0.414. The maximum atomic E-state index is 9.91. The van der Waals surface area contributed by atoms with Gasteiger partial charge in [-0.2, -0.15) is 4.91 Å². The number of nitroso groups, excluding NO2 is 2. The first-order valence-corrected chi connectivity index (χ1v) is 3.70. The Kier molecular flexibility index (Phi) is 2.16. The van der Waals surface area contributed by atoms with Crippen LogP contribution in [0.5, 0.6) is 0 Å². The van der Waals surface area contributed by atoms with E-state index in [-0.39, 0.29) is 6.04 Å². The molecule has 0 aromatic rings. The van der Waals surface area contributed by atoms with Crippen LogP contribution in [0.15, 0.2) is 10.4 Å². The third-order valence-corrected chi connectivity index (χ3v) is 2.48. The van der Waals surface area contributed by atoms with Crippen LogP contribution >= 0.6 is 11.8 Å². The van der Waals surface area contributed by atoms with Gasteiger partial charge in [0.25, 0.3) is 0 Å². The van der Waals surface area contributed by atoms with E-state index in [1.807, 2.05) is 0 Å². The van der Waals surface area contributed by atoms with E-state index >= 15 is 0 Å². The highest BCUT2D eigenvalue weighted by Crippen LogP contribution is 2.29. The van der Waals surface area contributed by atoms with Crippen molar-refractivity contribution in [2.75, 3.05) is 5.75 Å². The van der Waals surface area contributed by atoms with E-state index in [4.69, 9.17) is 0 Å². The first kappa shape index (κ1) is 6.67. The standard InChI is InChI=1S/C4H6N2O2S/c7-5-3-1-2-9-4(3)6-8/h3-4H,1-2H2. The molecule has 0 saturated carbocycles. The number of thioether (sulfide) groups is 1. The fourth-order valence-electron chi connectivity index (χ4n) is 0.769. The second kappa shape index (κ2) is 2.91. The largest absolute Gasteiger partial charge is 0.163 e. The predicted octanol–water partition coefficient (Wildman–Crippen LogP) is 1.35. The zero-order valence-corrected chi connectivity index (χ0v) is 5.50. The van der Waals surface area contributed by atoms with Crippen molar-refractivity contribution in [3.05, 3.63) is 9.81 Å². The Labute approximate surface area is 56.3 Å². The molecule has 0 aliphatic carbocycles. The summed E-state index contributed by atoms with van der Waals surface area (Å²) in [5, 5.41) is 5.12. The topological polar surface area (TPSA) is 58.9 Å². The molecular weight excluding hydrogens is 140 g/mol. The molecule has 0 spiro atoms. The van der Waals surface area contributed by atoms with E-state index in [0.717, 1.165) is 5.75 Å². The average molecular weight is 146 g/mol. The summed E-state index contributed by atoms with van der Waals surface area (Å²) in [5.74, 6) is 0.826. The van der Waals surface area contributed by atoms with E-state index < -0.39 is 5.37 Å². The van der Waals surface area contributed by atoms with Gasteiger partial charge in [-0.1, -0.05) is 10.4 Å². The molecule has 1 aliphatic heterocycles. The van der Waals surface area contributed by atoms with Crippen molar-refractivity contribution in [3.63, 3.8) is 0 Å². The highest BCUT2D eigenvalue weighted by molar-refractivity contribution is 8.00. The van der Waals surface area contributed by atoms with Crippen molar-refractivity contribution < 1.29 is 0 Å². The molecule has 0 aromatic heterocycles. The molecule has 0 bridgehead atoms. The SMILES string of the molecule is O=NC1CCSC1N=O. The number of nitrogens with zero attached hydrogens (tertiary/aromatic N) is 2. The molecule has 0 amide bonds. The van der Waals surface area contributed by atoms with Gasteiger partial charge in [-0.25, -0.2) is 0 Å². The normalized spacial score (nSPS) is 34.2. The lowest BCUT2D eigenvalue weighted by molar-refractivity contribution is 0.658. The van der Waals surface area contributed by atoms with Gasteiger partial charge in [0.15, 0.2) is 5.37 Å². The summed E-state index contributed by atoms with van der Waals surface area (Å²) < 4.78 is 0. The quantitative estimate of drug-likeness (QED) is 0.552. The van der Waals surface area contributed by atoms with Crippen LogP contribution in [-0.4, -0.2) is 17.2 Å². The van der Waals surface area contributed by atoms with Crippen molar-refractivity contribution in [2.45, 2.75) is 17.8 Å². The van der Waals surface area contributed by atoms with E-state index in [0.29, 0.717) is 6.42 Å². The molecule has 50 valence electrons. The van der Waals surface area contributed by atoms with Gasteiger partial charge in [-0.15, -0.1) is 16.7 Å². The first-order chi connectivity index (χ1) is 4.38. The Morgan fingerprint density at radius 3 is 2.56 bits per heavy atom. The summed E-state index contributed by atoms with van der Waals surface area (Å²) in [5.41, 5.74) is 0. The average Bonchev–Trinajstić information content (AvgIpc) is 2.33. The third-order valence-electron chi connectivity index (χ3n) is 1.27. The third kappa shape index (κ3) is 1.27. The summed E-state index contributed by atoms with van der Waals surface area (Å²) in [7, 11) is 0. The molecule has 9 heavy (non-hydrogen) atoms. The molecule has 1 saturated heterocycles. The fourth-order valence-corrected chi connectivity index (χ4v) is 1.86. The van der Waals surface area contributed by atoms with E-state index in [9.17, 15) is 9.81 Å².